The fraction of sp³-hybridized carbons (Fsp3) is 0.174. The zero-order valence-corrected chi connectivity index (χ0v) is 18.4. The van der Waals surface area contributed by atoms with E-state index in [9.17, 15) is 4.79 Å². The van der Waals surface area contributed by atoms with Gasteiger partial charge >= 0.3 is 0 Å². The monoisotopic (exact) mass is 446 g/mol. The van der Waals surface area contributed by atoms with Crippen molar-refractivity contribution >= 4 is 23.4 Å². The molecular formula is C23H26N8O2. The smallest absolute Gasteiger partial charge is 0.248 e. The van der Waals surface area contributed by atoms with Crippen molar-refractivity contribution in [3.05, 3.63) is 77.2 Å². The van der Waals surface area contributed by atoms with Crippen LogP contribution in [0.3, 0.4) is 0 Å². The molecule has 0 unspecified atom stereocenters. The summed E-state index contributed by atoms with van der Waals surface area (Å²) >= 11 is 0. The van der Waals surface area contributed by atoms with Gasteiger partial charge < -0.3 is 21.9 Å². The van der Waals surface area contributed by atoms with Crippen LogP contribution in [0, 0.1) is 13.8 Å². The molecule has 170 valence electrons. The van der Waals surface area contributed by atoms with Crippen molar-refractivity contribution in [1.82, 2.24) is 25.1 Å². The summed E-state index contributed by atoms with van der Waals surface area (Å²) in [6.07, 6.45) is 2.32. The first-order valence-corrected chi connectivity index (χ1v) is 10.2. The molecule has 0 aliphatic rings. The van der Waals surface area contributed by atoms with E-state index in [0.717, 1.165) is 17.7 Å². The van der Waals surface area contributed by atoms with Crippen LogP contribution in [-0.2, 0) is 6.42 Å². The number of aromatic nitrogens is 5. The number of carbonyl (C=O) groups is 1. The Bertz CT molecular complexity index is 1220. The summed E-state index contributed by atoms with van der Waals surface area (Å²) in [6, 6.07) is 15.1. The van der Waals surface area contributed by atoms with Crippen LogP contribution in [0.25, 0.3) is 11.4 Å². The van der Waals surface area contributed by atoms with E-state index in [1.54, 1.807) is 38.2 Å². The molecule has 2 heterocycles. The van der Waals surface area contributed by atoms with E-state index >= 15 is 0 Å². The van der Waals surface area contributed by atoms with Crippen molar-refractivity contribution in [3.63, 3.8) is 0 Å². The van der Waals surface area contributed by atoms with Crippen molar-refractivity contribution in [2.75, 3.05) is 17.7 Å². The number of nitrogen functional groups attached to an aromatic ring is 1. The fourth-order valence-corrected chi connectivity index (χ4v) is 3.01. The highest BCUT2D eigenvalue weighted by atomic mass is 16.3. The molecule has 0 aliphatic carbocycles. The van der Waals surface area contributed by atoms with Crippen LogP contribution in [0.5, 0.6) is 0 Å². The van der Waals surface area contributed by atoms with Crippen molar-refractivity contribution in [3.8, 4) is 11.4 Å². The number of carbonyl (C=O) groups excluding carboxylic acids is 1. The predicted octanol–water partition coefficient (Wildman–Crippen LogP) is 2.52. The Labute approximate surface area is 191 Å². The summed E-state index contributed by atoms with van der Waals surface area (Å²) < 4.78 is 0. The van der Waals surface area contributed by atoms with Crippen LogP contribution in [0.4, 0.5) is 17.5 Å². The summed E-state index contributed by atoms with van der Waals surface area (Å²) in [7, 11) is 0. The molecule has 0 saturated carbocycles. The number of amides is 1. The number of H-pyrrole nitrogens is 1. The Morgan fingerprint density at radius 2 is 1.88 bits per heavy atom. The Morgan fingerprint density at radius 1 is 1.12 bits per heavy atom. The molecule has 7 N–H and O–H groups in total. The molecule has 2 aromatic heterocycles. The molecule has 0 saturated heterocycles. The van der Waals surface area contributed by atoms with Gasteiger partial charge in [0.1, 0.15) is 11.6 Å². The number of rotatable bonds is 6. The first-order chi connectivity index (χ1) is 15.9. The van der Waals surface area contributed by atoms with Crippen LogP contribution >= 0.6 is 0 Å². The molecule has 10 nitrogen and oxygen atoms in total. The molecular weight excluding hydrogens is 420 g/mol. The maximum atomic E-state index is 11.3. The van der Waals surface area contributed by atoms with Crippen LogP contribution in [0.2, 0.25) is 0 Å². The molecule has 0 fully saturated rings. The number of aryl methyl sites for hydroxylation is 2. The quantitative estimate of drug-likeness (QED) is 0.301. The van der Waals surface area contributed by atoms with Gasteiger partial charge in [0, 0.05) is 24.1 Å². The molecule has 33 heavy (non-hydrogen) atoms. The molecule has 2 aromatic carbocycles. The topological polar surface area (TPSA) is 169 Å². The van der Waals surface area contributed by atoms with Gasteiger partial charge in [-0.15, -0.1) is 0 Å². The molecule has 0 aliphatic heterocycles. The number of benzene rings is 2. The number of anilines is 3. The highest BCUT2D eigenvalue weighted by molar-refractivity contribution is 5.94. The number of hydrogen-bond donors (Lipinski definition) is 5. The van der Waals surface area contributed by atoms with Gasteiger partial charge in [-0.2, -0.15) is 10.1 Å². The molecule has 4 rings (SSSR count). The third-order valence-electron chi connectivity index (χ3n) is 4.65. The lowest BCUT2D eigenvalue weighted by Crippen LogP contribution is -2.12. The highest BCUT2D eigenvalue weighted by Gasteiger charge is 2.12. The zero-order valence-electron chi connectivity index (χ0n) is 18.4. The fourth-order valence-electron chi connectivity index (χ4n) is 3.01. The maximum absolute atomic E-state index is 11.3. The third kappa shape index (κ3) is 6.34. The Hall–Kier alpha value is -4.31. The van der Waals surface area contributed by atoms with Crippen LogP contribution in [0.1, 0.15) is 27.3 Å². The summed E-state index contributed by atoms with van der Waals surface area (Å²) in [5, 5.41) is 18.3. The van der Waals surface area contributed by atoms with E-state index in [0.29, 0.717) is 28.7 Å². The van der Waals surface area contributed by atoms with Crippen molar-refractivity contribution in [2.24, 2.45) is 5.73 Å². The lowest BCUT2D eigenvalue weighted by molar-refractivity contribution is 0.0999. The number of primary amides is 1. The number of nitrogens with one attached hydrogen (secondary N) is 2. The van der Waals surface area contributed by atoms with E-state index in [4.69, 9.17) is 16.6 Å². The second-order valence-electron chi connectivity index (χ2n) is 7.22. The number of nitrogens with zero attached hydrogens (tertiary/aromatic N) is 4. The lowest BCUT2D eigenvalue weighted by Gasteiger charge is -2.09. The lowest BCUT2D eigenvalue weighted by atomic mass is 10.1. The number of aromatic amines is 1. The minimum absolute atomic E-state index is 0.240. The number of nitrogens with two attached hydrogens (primary N) is 2. The average Bonchev–Trinajstić information content (AvgIpc) is 3.21. The van der Waals surface area contributed by atoms with Gasteiger partial charge in [-0.1, -0.05) is 30.3 Å². The van der Waals surface area contributed by atoms with Gasteiger partial charge in [0.05, 0.1) is 5.56 Å². The van der Waals surface area contributed by atoms with Crippen LogP contribution in [-0.4, -0.2) is 42.8 Å². The molecule has 0 spiro atoms. The number of aliphatic hydroxyl groups excluding tert-OH is 1. The van der Waals surface area contributed by atoms with Gasteiger partial charge in [0.15, 0.2) is 5.82 Å². The third-order valence-corrected chi connectivity index (χ3v) is 4.65. The van der Waals surface area contributed by atoms with Gasteiger partial charge in [-0.05, 0) is 49.6 Å². The maximum Gasteiger partial charge on any atom is 0.248 e. The van der Waals surface area contributed by atoms with Gasteiger partial charge in [-0.25, -0.2) is 9.97 Å². The summed E-state index contributed by atoms with van der Waals surface area (Å²) in [5.41, 5.74) is 14.9. The van der Waals surface area contributed by atoms with Crippen molar-refractivity contribution in [2.45, 2.75) is 20.3 Å². The van der Waals surface area contributed by atoms with Crippen molar-refractivity contribution < 1.29 is 9.90 Å². The second kappa shape index (κ2) is 10.8. The SMILES string of the molecule is Cc1nc(-c2cnc(Nc3ccc(C(N)=O)c(C)c3)nc2N)n[nH]1.OCCc1ccccc1. The molecule has 4 aromatic rings. The standard InChI is InChI=1S/C15H16N8O.C8H10O/c1-7-5-9(3-4-10(7)13(17)24)20-15-18-6-11(12(16)21-15)14-19-8(2)22-23-14;9-7-6-8-4-2-1-3-5-8/h3-6H,1-2H3,(H2,17,24)(H,19,22,23)(H3,16,18,20,21);1-5,9H,6-7H2. The van der Waals surface area contributed by atoms with Gasteiger partial charge in [0.2, 0.25) is 11.9 Å². The minimum Gasteiger partial charge on any atom is -0.396 e. The van der Waals surface area contributed by atoms with Crippen LogP contribution < -0.4 is 16.8 Å². The molecule has 0 radical (unpaired) electrons. The van der Waals surface area contributed by atoms with Crippen molar-refractivity contribution in [1.29, 1.82) is 0 Å². The Morgan fingerprint density at radius 3 is 2.45 bits per heavy atom. The van der Waals surface area contributed by atoms with E-state index in [2.05, 4.69) is 30.5 Å². The second-order valence-corrected chi connectivity index (χ2v) is 7.22. The predicted molar refractivity (Wildman–Crippen MR) is 127 cm³/mol. The number of hydrogen-bond acceptors (Lipinski definition) is 8. The zero-order chi connectivity index (χ0) is 23.8. The van der Waals surface area contributed by atoms with Gasteiger partial charge in [0.25, 0.3) is 0 Å². The number of aliphatic hydroxyl groups is 1. The normalized spacial score (nSPS) is 10.3. The molecule has 10 heteroatoms. The van der Waals surface area contributed by atoms with E-state index in [-0.39, 0.29) is 12.4 Å². The van der Waals surface area contributed by atoms with E-state index in [1.807, 2.05) is 30.3 Å². The Balaban J connectivity index is 0.000000286. The molecule has 0 atom stereocenters. The summed E-state index contributed by atoms with van der Waals surface area (Å²) in [4.78, 5) is 23.9. The largest absolute Gasteiger partial charge is 0.396 e. The first-order valence-electron chi connectivity index (χ1n) is 10.2. The molecule has 0 bridgehead atoms. The van der Waals surface area contributed by atoms with E-state index in [1.165, 1.54) is 5.56 Å². The van der Waals surface area contributed by atoms with Crippen LogP contribution in [0.15, 0.2) is 54.7 Å². The minimum atomic E-state index is -0.467. The summed E-state index contributed by atoms with van der Waals surface area (Å²) in [5.74, 6) is 1.24. The summed E-state index contributed by atoms with van der Waals surface area (Å²) in [6.45, 7) is 3.83. The van der Waals surface area contributed by atoms with E-state index < -0.39 is 5.91 Å². The highest BCUT2D eigenvalue weighted by Crippen LogP contribution is 2.23. The molecule has 1 amide bonds. The average molecular weight is 447 g/mol. The first kappa shape index (κ1) is 23.4. The Kier molecular flexibility index (Phi) is 7.66. The van der Waals surface area contributed by atoms with Gasteiger partial charge in [-0.3, -0.25) is 9.89 Å².